The summed E-state index contributed by atoms with van der Waals surface area (Å²) in [4.78, 5) is 24.3. The molecule has 5 nitrogen and oxygen atoms in total. The maximum atomic E-state index is 12.2. The third kappa shape index (κ3) is 2.53. The standard InChI is InChI=1S/C16H20N2O3/c17-15(20)16(10-11-5-7-21-8-6-11)13-4-2-1-3-12(13)9-14(19)18-16/h1-4,11H,5-10H2,(H2,17,20)(H,18,19). The molecule has 2 amide bonds. The van der Waals surface area contributed by atoms with E-state index >= 15 is 0 Å². The maximum Gasteiger partial charge on any atom is 0.247 e. The molecule has 0 aliphatic carbocycles. The molecule has 0 saturated carbocycles. The molecule has 1 aromatic rings. The number of nitrogens with two attached hydrogens (primary N) is 1. The summed E-state index contributed by atoms with van der Waals surface area (Å²) < 4.78 is 5.37. The molecule has 1 fully saturated rings. The van der Waals surface area contributed by atoms with E-state index in [1.165, 1.54) is 0 Å². The lowest BCUT2D eigenvalue weighted by molar-refractivity contribution is -0.134. The first-order valence-electron chi connectivity index (χ1n) is 7.39. The van der Waals surface area contributed by atoms with Gasteiger partial charge in [0.2, 0.25) is 11.8 Å². The van der Waals surface area contributed by atoms with Gasteiger partial charge in [-0.1, -0.05) is 24.3 Å². The molecule has 2 heterocycles. The Balaban J connectivity index is 2.00. The lowest BCUT2D eigenvalue weighted by atomic mass is 9.74. The summed E-state index contributed by atoms with van der Waals surface area (Å²) in [5.41, 5.74) is 6.38. The molecule has 1 unspecified atom stereocenters. The van der Waals surface area contributed by atoms with Gasteiger partial charge in [-0.25, -0.2) is 0 Å². The smallest absolute Gasteiger partial charge is 0.247 e. The minimum absolute atomic E-state index is 0.139. The molecule has 21 heavy (non-hydrogen) atoms. The van der Waals surface area contributed by atoms with Crippen LogP contribution < -0.4 is 11.1 Å². The summed E-state index contributed by atoms with van der Waals surface area (Å²) >= 11 is 0. The molecular weight excluding hydrogens is 268 g/mol. The van der Waals surface area contributed by atoms with E-state index in [4.69, 9.17) is 10.5 Å². The number of carbonyl (C=O) groups excluding carboxylic acids is 2. The highest BCUT2D eigenvalue weighted by molar-refractivity contribution is 5.95. The molecule has 1 aromatic carbocycles. The Morgan fingerprint density at radius 3 is 2.76 bits per heavy atom. The second kappa shape index (κ2) is 5.48. The van der Waals surface area contributed by atoms with E-state index in [0.717, 1.165) is 24.0 Å². The lowest BCUT2D eigenvalue weighted by Gasteiger charge is -2.40. The number of carbonyl (C=O) groups is 2. The second-order valence-corrected chi connectivity index (χ2v) is 5.91. The monoisotopic (exact) mass is 288 g/mol. The third-order valence-corrected chi connectivity index (χ3v) is 4.54. The molecule has 2 aliphatic heterocycles. The number of rotatable bonds is 3. The fourth-order valence-corrected chi connectivity index (χ4v) is 3.45. The maximum absolute atomic E-state index is 12.2. The van der Waals surface area contributed by atoms with E-state index in [2.05, 4.69) is 5.32 Å². The van der Waals surface area contributed by atoms with Gasteiger partial charge in [0.05, 0.1) is 6.42 Å². The van der Waals surface area contributed by atoms with Crippen LogP contribution in [-0.2, 0) is 26.3 Å². The Kier molecular flexibility index (Phi) is 3.68. The predicted molar refractivity (Wildman–Crippen MR) is 77.3 cm³/mol. The Morgan fingerprint density at radius 2 is 2.05 bits per heavy atom. The normalized spacial score (nSPS) is 26.0. The molecule has 2 aliphatic rings. The van der Waals surface area contributed by atoms with Gasteiger partial charge in [-0.3, -0.25) is 9.59 Å². The average molecular weight is 288 g/mol. The Hall–Kier alpha value is -1.88. The van der Waals surface area contributed by atoms with Crippen LogP contribution >= 0.6 is 0 Å². The Bertz CT molecular complexity index is 566. The highest BCUT2D eigenvalue weighted by Gasteiger charge is 2.45. The van der Waals surface area contributed by atoms with Crippen molar-refractivity contribution in [3.05, 3.63) is 35.4 Å². The van der Waals surface area contributed by atoms with Crippen molar-refractivity contribution >= 4 is 11.8 Å². The number of nitrogens with one attached hydrogen (secondary N) is 1. The van der Waals surface area contributed by atoms with Crippen molar-refractivity contribution in [1.82, 2.24) is 5.32 Å². The molecule has 0 bridgehead atoms. The van der Waals surface area contributed by atoms with Crippen molar-refractivity contribution < 1.29 is 14.3 Å². The van der Waals surface area contributed by atoms with Gasteiger partial charge in [0, 0.05) is 13.2 Å². The zero-order valence-electron chi connectivity index (χ0n) is 11.9. The van der Waals surface area contributed by atoms with Crippen LogP contribution in [0.4, 0.5) is 0 Å². The third-order valence-electron chi connectivity index (χ3n) is 4.54. The van der Waals surface area contributed by atoms with Gasteiger partial charge in [-0.2, -0.15) is 0 Å². The van der Waals surface area contributed by atoms with Gasteiger partial charge in [0.25, 0.3) is 0 Å². The molecule has 0 spiro atoms. The molecule has 3 N–H and O–H groups in total. The van der Waals surface area contributed by atoms with E-state index in [0.29, 0.717) is 32.0 Å². The topological polar surface area (TPSA) is 81.4 Å². The quantitative estimate of drug-likeness (QED) is 0.865. The molecule has 3 rings (SSSR count). The number of amides is 2. The molecule has 1 saturated heterocycles. The zero-order valence-corrected chi connectivity index (χ0v) is 11.9. The molecule has 5 heteroatoms. The first-order chi connectivity index (χ1) is 10.1. The molecule has 0 radical (unpaired) electrons. The number of primary amides is 1. The summed E-state index contributed by atoms with van der Waals surface area (Å²) in [6, 6.07) is 7.57. The summed E-state index contributed by atoms with van der Waals surface area (Å²) in [5.74, 6) is -0.285. The van der Waals surface area contributed by atoms with Crippen molar-refractivity contribution in [1.29, 1.82) is 0 Å². The van der Waals surface area contributed by atoms with Gasteiger partial charge < -0.3 is 15.8 Å². The number of benzene rings is 1. The largest absolute Gasteiger partial charge is 0.381 e. The fourth-order valence-electron chi connectivity index (χ4n) is 3.45. The average Bonchev–Trinajstić information content (AvgIpc) is 2.48. The Labute approximate surface area is 123 Å². The molecule has 1 atom stereocenters. The van der Waals surface area contributed by atoms with E-state index < -0.39 is 11.4 Å². The first-order valence-corrected chi connectivity index (χ1v) is 7.39. The van der Waals surface area contributed by atoms with Crippen molar-refractivity contribution in [3.63, 3.8) is 0 Å². The van der Waals surface area contributed by atoms with Crippen LogP contribution in [0.2, 0.25) is 0 Å². The lowest BCUT2D eigenvalue weighted by Crippen LogP contribution is -2.59. The van der Waals surface area contributed by atoms with Crippen molar-refractivity contribution in [2.75, 3.05) is 13.2 Å². The van der Waals surface area contributed by atoms with Crippen LogP contribution in [0.25, 0.3) is 0 Å². The van der Waals surface area contributed by atoms with Crippen LogP contribution in [0.3, 0.4) is 0 Å². The van der Waals surface area contributed by atoms with Crippen molar-refractivity contribution in [2.24, 2.45) is 11.7 Å². The van der Waals surface area contributed by atoms with Gasteiger partial charge in [-0.15, -0.1) is 0 Å². The highest BCUT2D eigenvalue weighted by Crippen LogP contribution is 2.37. The van der Waals surface area contributed by atoms with E-state index in [1.807, 2.05) is 24.3 Å². The summed E-state index contributed by atoms with van der Waals surface area (Å²) in [7, 11) is 0. The SMILES string of the molecule is NC(=O)C1(CC2CCOCC2)NC(=O)Cc2ccccc21. The molecule has 112 valence electrons. The van der Waals surface area contributed by atoms with Gasteiger partial charge in [-0.05, 0) is 36.3 Å². The van der Waals surface area contributed by atoms with Crippen LogP contribution in [0.1, 0.15) is 30.4 Å². The zero-order chi connectivity index (χ0) is 14.9. The van der Waals surface area contributed by atoms with E-state index in [1.54, 1.807) is 0 Å². The van der Waals surface area contributed by atoms with Crippen molar-refractivity contribution in [3.8, 4) is 0 Å². The number of hydrogen-bond acceptors (Lipinski definition) is 3. The van der Waals surface area contributed by atoms with Gasteiger partial charge in [0.1, 0.15) is 5.54 Å². The van der Waals surface area contributed by atoms with Crippen LogP contribution in [0.5, 0.6) is 0 Å². The molecule has 0 aromatic heterocycles. The first kappa shape index (κ1) is 14.1. The predicted octanol–water partition coefficient (Wildman–Crippen LogP) is 0.856. The highest BCUT2D eigenvalue weighted by atomic mass is 16.5. The van der Waals surface area contributed by atoms with E-state index in [9.17, 15) is 9.59 Å². The van der Waals surface area contributed by atoms with Crippen LogP contribution in [-0.4, -0.2) is 25.0 Å². The van der Waals surface area contributed by atoms with Crippen LogP contribution in [0, 0.1) is 5.92 Å². The summed E-state index contributed by atoms with van der Waals surface area (Å²) in [5, 5.41) is 2.88. The van der Waals surface area contributed by atoms with Gasteiger partial charge in [0.15, 0.2) is 0 Å². The number of ether oxygens (including phenoxy) is 1. The Morgan fingerprint density at radius 1 is 1.33 bits per heavy atom. The fraction of sp³-hybridized carbons (Fsp3) is 0.500. The second-order valence-electron chi connectivity index (χ2n) is 5.91. The summed E-state index contributed by atoms with van der Waals surface area (Å²) in [6.45, 7) is 1.41. The summed E-state index contributed by atoms with van der Waals surface area (Å²) in [6.07, 6.45) is 2.65. The van der Waals surface area contributed by atoms with E-state index in [-0.39, 0.29) is 5.91 Å². The minimum atomic E-state index is -1.08. The number of hydrogen-bond donors (Lipinski definition) is 2. The van der Waals surface area contributed by atoms with Gasteiger partial charge >= 0.3 is 0 Å². The van der Waals surface area contributed by atoms with Crippen LogP contribution in [0.15, 0.2) is 24.3 Å². The molecular formula is C16H20N2O3. The number of fused-ring (bicyclic) bond motifs is 1. The van der Waals surface area contributed by atoms with Crippen molar-refractivity contribution in [2.45, 2.75) is 31.2 Å². The minimum Gasteiger partial charge on any atom is -0.381 e.